The number of hydrogen-bond donors (Lipinski definition) is 1. The molecule has 0 bridgehead atoms. The third-order valence-corrected chi connectivity index (χ3v) is 3.13. The van der Waals surface area contributed by atoms with E-state index in [1.165, 1.54) is 0 Å². The molecule has 3 aromatic rings. The highest BCUT2D eigenvalue weighted by Crippen LogP contribution is 2.19. The highest BCUT2D eigenvalue weighted by Gasteiger charge is 2.08. The largest absolute Gasteiger partial charge is 0.334 e. The van der Waals surface area contributed by atoms with Crippen LogP contribution >= 0.6 is 0 Å². The Labute approximate surface area is 105 Å². The maximum Gasteiger partial charge on any atom is 0.173 e. The fraction of sp³-hybridized carbons (Fsp3) is 0.231. The number of rotatable bonds is 2. The number of anilines is 1. The second-order valence-electron chi connectivity index (χ2n) is 4.45. The van der Waals surface area contributed by atoms with E-state index < -0.39 is 0 Å². The molecule has 0 radical (unpaired) electrons. The molecule has 0 spiro atoms. The Balaban J connectivity index is 2.10. The summed E-state index contributed by atoms with van der Waals surface area (Å²) in [4.78, 5) is 8.75. The van der Waals surface area contributed by atoms with Gasteiger partial charge in [0.05, 0.1) is 11.8 Å². The monoisotopic (exact) mass is 241 g/mol. The van der Waals surface area contributed by atoms with E-state index in [2.05, 4.69) is 41.4 Å². The van der Waals surface area contributed by atoms with Gasteiger partial charge in [-0.1, -0.05) is 0 Å². The van der Waals surface area contributed by atoms with Crippen molar-refractivity contribution in [3.63, 3.8) is 0 Å². The van der Waals surface area contributed by atoms with Gasteiger partial charge in [-0.05, 0) is 32.0 Å². The summed E-state index contributed by atoms with van der Waals surface area (Å²) in [5.41, 5.74) is 7.54. The molecule has 0 amide bonds. The van der Waals surface area contributed by atoms with E-state index in [1.54, 1.807) is 12.5 Å². The maximum absolute atomic E-state index is 4.38. The minimum Gasteiger partial charge on any atom is -0.334 e. The van der Waals surface area contributed by atoms with E-state index in [9.17, 15) is 0 Å². The van der Waals surface area contributed by atoms with Gasteiger partial charge in [-0.3, -0.25) is 10.1 Å². The Bertz CT molecular complexity index is 688. The summed E-state index contributed by atoms with van der Waals surface area (Å²) in [6.07, 6.45) is 3.59. The van der Waals surface area contributed by atoms with Crippen molar-refractivity contribution in [2.75, 3.05) is 5.43 Å². The molecule has 0 unspecified atom stereocenters. The Morgan fingerprint density at radius 1 is 1.06 bits per heavy atom. The second-order valence-corrected chi connectivity index (χ2v) is 4.45. The number of fused-ring (bicyclic) bond motifs is 1. The summed E-state index contributed by atoms with van der Waals surface area (Å²) in [6.45, 7) is 4.11. The fourth-order valence-electron chi connectivity index (χ4n) is 2.09. The van der Waals surface area contributed by atoms with Crippen LogP contribution in [0.25, 0.3) is 11.0 Å². The van der Waals surface area contributed by atoms with Crippen molar-refractivity contribution in [2.45, 2.75) is 13.8 Å². The number of nitrogens with one attached hydrogen (secondary N) is 1. The topological polar surface area (TPSA) is 47.7 Å². The van der Waals surface area contributed by atoms with Crippen LogP contribution in [0.15, 0.2) is 30.7 Å². The Hall–Kier alpha value is -2.30. The summed E-state index contributed by atoms with van der Waals surface area (Å²) in [5.74, 6) is 0.774. The number of pyridine rings is 1. The van der Waals surface area contributed by atoms with Gasteiger partial charge in [0, 0.05) is 24.6 Å². The first-order chi connectivity index (χ1) is 8.66. The van der Waals surface area contributed by atoms with E-state index in [1.807, 2.05) is 22.4 Å². The number of hydrogen-bond acceptors (Lipinski definition) is 3. The van der Waals surface area contributed by atoms with Crippen LogP contribution in [-0.2, 0) is 7.05 Å². The van der Waals surface area contributed by atoms with Gasteiger partial charge < -0.3 is 4.57 Å². The van der Waals surface area contributed by atoms with Crippen molar-refractivity contribution in [3.8, 4) is 0 Å². The van der Waals surface area contributed by atoms with Gasteiger partial charge in [0.2, 0.25) is 0 Å². The lowest BCUT2D eigenvalue weighted by Gasteiger charge is -2.12. The summed E-state index contributed by atoms with van der Waals surface area (Å²) in [6, 6.07) is 6.10. The molecule has 0 aliphatic heterocycles. The van der Waals surface area contributed by atoms with E-state index in [4.69, 9.17) is 0 Å². The average Bonchev–Trinajstić information content (AvgIpc) is 2.88. The molecular formula is C13H15N5. The smallest absolute Gasteiger partial charge is 0.173 e. The van der Waals surface area contributed by atoms with Crippen molar-refractivity contribution in [1.82, 2.24) is 19.2 Å². The number of nitrogens with zero attached hydrogens (tertiary/aromatic N) is 4. The summed E-state index contributed by atoms with van der Waals surface area (Å²) in [5, 5.41) is 0. The standard InChI is InChI=1S/C13H15N5/c1-9-4-5-10(2)18(9)16-13-12-11(6-7-14-13)17(3)8-15-12/h4-8H,1-3H3,(H,14,16). The first kappa shape index (κ1) is 10.8. The van der Waals surface area contributed by atoms with Crippen molar-refractivity contribution >= 4 is 16.9 Å². The molecule has 92 valence electrons. The second kappa shape index (κ2) is 3.87. The molecule has 0 aliphatic carbocycles. The van der Waals surface area contributed by atoms with Gasteiger partial charge in [0.25, 0.3) is 0 Å². The highest BCUT2D eigenvalue weighted by molar-refractivity contribution is 5.85. The van der Waals surface area contributed by atoms with Crippen LogP contribution in [0.1, 0.15) is 11.4 Å². The maximum atomic E-state index is 4.38. The highest BCUT2D eigenvalue weighted by atomic mass is 15.4. The van der Waals surface area contributed by atoms with Crippen LogP contribution < -0.4 is 5.43 Å². The third-order valence-electron chi connectivity index (χ3n) is 3.13. The molecule has 0 atom stereocenters. The lowest BCUT2D eigenvalue weighted by molar-refractivity contribution is 0.873. The SMILES string of the molecule is Cc1ccc(C)n1Nc1nccc2c1ncn2C. The lowest BCUT2D eigenvalue weighted by atomic mass is 10.4. The van der Waals surface area contributed by atoms with Crippen LogP contribution in [0, 0.1) is 13.8 Å². The van der Waals surface area contributed by atoms with Crippen LogP contribution in [0.5, 0.6) is 0 Å². The van der Waals surface area contributed by atoms with Gasteiger partial charge >= 0.3 is 0 Å². The van der Waals surface area contributed by atoms with Gasteiger partial charge in [-0.15, -0.1) is 0 Å². The minimum atomic E-state index is 0.774. The molecule has 0 aromatic carbocycles. The molecule has 18 heavy (non-hydrogen) atoms. The van der Waals surface area contributed by atoms with E-state index in [0.717, 1.165) is 28.2 Å². The van der Waals surface area contributed by atoms with Crippen molar-refractivity contribution in [1.29, 1.82) is 0 Å². The van der Waals surface area contributed by atoms with Gasteiger partial charge in [0.15, 0.2) is 5.82 Å². The lowest BCUT2D eigenvalue weighted by Crippen LogP contribution is -2.13. The normalized spacial score (nSPS) is 11.1. The molecule has 1 N–H and O–H groups in total. The number of aromatic nitrogens is 4. The quantitative estimate of drug-likeness (QED) is 0.748. The molecule has 5 heteroatoms. The van der Waals surface area contributed by atoms with Crippen LogP contribution in [0.4, 0.5) is 5.82 Å². The Morgan fingerprint density at radius 2 is 1.78 bits per heavy atom. The number of aryl methyl sites for hydroxylation is 3. The van der Waals surface area contributed by atoms with E-state index in [0.29, 0.717) is 0 Å². The van der Waals surface area contributed by atoms with E-state index >= 15 is 0 Å². The average molecular weight is 241 g/mol. The van der Waals surface area contributed by atoms with Gasteiger partial charge in [-0.25, -0.2) is 9.97 Å². The zero-order valence-corrected chi connectivity index (χ0v) is 10.7. The molecule has 5 nitrogen and oxygen atoms in total. The van der Waals surface area contributed by atoms with E-state index in [-0.39, 0.29) is 0 Å². The fourth-order valence-corrected chi connectivity index (χ4v) is 2.09. The third kappa shape index (κ3) is 1.55. The Kier molecular flexibility index (Phi) is 2.33. The number of imidazole rings is 1. The van der Waals surface area contributed by atoms with Crippen LogP contribution in [-0.4, -0.2) is 19.2 Å². The molecule has 3 rings (SSSR count). The molecular weight excluding hydrogens is 226 g/mol. The van der Waals surface area contributed by atoms with Crippen LogP contribution in [0.3, 0.4) is 0 Å². The molecule has 0 saturated heterocycles. The van der Waals surface area contributed by atoms with Gasteiger partial charge in [0.1, 0.15) is 5.52 Å². The predicted molar refractivity (Wildman–Crippen MR) is 71.4 cm³/mol. The first-order valence-electron chi connectivity index (χ1n) is 5.85. The molecule has 0 saturated carbocycles. The van der Waals surface area contributed by atoms with Crippen molar-refractivity contribution in [2.24, 2.45) is 7.05 Å². The molecule has 0 aliphatic rings. The summed E-state index contributed by atoms with van der Waals surface area (Å²) in [7, 11) is 1.98. The van der Waals surface area contributed by atoms with Crippen molar-refractivity contribution in [3.05, 3.63) is 42.1 Å². The molecule has 3 aromatic heterocycles. The Morgan fingerprint density at radius 3 is 2.50 bits per heavy atom. The zero-order valence-electron chi connectivity index (χ0n) is 10.7. The van der Waals surface area contributed by atoms with Crippen LogP contribution in [0.2, 0.25) is 0 Å². The molecule has 0 fully saturated rings. The van der Waals surface area contributed by atoms with Crippen molar-refractivity contribution < 1.29 is 0 Å². The minimum absolute atomic E-state index is 0.774. The zero-order chi connectivity index (χ0) is 12.7. The molecule has 3 heterocycles. The van der Waals surface area contributed by atoms with Gasteiger partial charge in [-0.2, -0.15) is 0 Å². The predicted octanol–water partition coefficient (Wildman–Crippen LogP) is 2.26. The first-order valence-corrected chi connectivity index (χ1v) is 5.85. The summed E-state index contributed by atoms with van der Waals surface area (Å²) < 4.78 is 3.99. The summed E-state index contributed by atoms with van der Waals surface area (Å²) >= 11 is 0.